The van der Waals surface area contributed by atoms with E-state index in [1.54, 1.807) is 12.1 Å². The number of para-hydroxylation sites is 1. The summed E-state index contributed by atoms with van der Waals surface area (Å²) < 4.78 is 5.78. The van der Waals surface area contributed by atoms with E-state index >= 15 is 0 Å². The number of hydrogen-bond acceptors (Lipinski definition) is 5. The van der Waals surface area contributed by atoms with Crippen LogP contribution < -0.4 is 10.1 Å². The highest BCUT2D eigenvalue weighted by Crippen LogP contribution is 2.25. The summed E-state index contributed by atoms with van der Waals surface area (Å²) in [5, 5.41) is 13.5. The predicted molar refractivity (Wildman–Crippen MR) is 108 cm³/mol. The van der Waals surface area contributed by atoms with E-state index in [9.17, 15) is 14.9 Å². The fourth-order valence-electron chi connectivity index (χ4n) is 2.47. The minimum Gasteiger partial charge on any atom is -0.491 e. The number of nitrogens with zero attached hydrogens (tertiary/aromatic N) is 1. The predicted octanol–water partition coefficient (Wildman–Crippen LogP) is 4.15. The first kappa shape index (κ1) is 20.8. The molecule has 0 bridgehead atoms. The van der Waals surface area contributed by atoms with E-state index in [0.717, 1.165) is 16.9 Å². The highest BCUT2D eigenvalue weighted by molar-refractivity contribution is 7.99. The Morgan fingerprint density at radius 1 is 1.19 bits per heavy atom. The summed E-state index contributed by atoms with van der Waals surface area (Å²) in [6.07, 6.45) is 0. The van der Waals surface area contributed by atoms with Gasteiger partial charge in [0.15, 0.2) is 0 Å². The fraction of sp³-hybridized carbons (Fsp3) is 0.350. The standard InChI is InChI=1S/C20H24N2O4S/c1-15(2)18-5-3-4-6-19(18)26-12-11-21-20(23)14-27-13-16-7-9-17(10-8-16)22(24)25/h3-10,15H,11-14H2,1-2H3,(H,21,23). The van der Waals surface area contributed by atoms with Crippen LogP contribution in [0.1, 0.15) is 30.9 Å². The molecular formula is C20H24N2O4S. The molecule has 2 aromatic carbocycles. The van der Waals surface area contributed by atoms with Gasteiger partial charge >= 0.3 is 0 Å². The number of benzene rings is 2. The Balaban J connectivity index is 1.64. The molecule has 0 saturated carbocycles. The van der Waals surface area contributed by atoms with Gasteiger partial charge in [0.1, 0.15) is 12.4 Å². The number of ether oxygens (including phenoxy) is 1. The summed E-state index contributed by atoms with van der Waals surface area (Å²) in [6.45, 7) is 5.10. The zero-order chi connectivity index (χ0) is 19.6. The minimum absolute atomic E-state index is 0.0531. The largest absolute Gasteiger partial charge is 0.491 e. The van der Waals surface area contributed by atoms with Gasteiger partial charge in [0, 0.05) is 17.9 Å². The quantitative estimate of drug-likeness (QED) is 0.376. The zero-order valence-corrected chi connectivity index (χ0v) is 16.3. The van der Waals surface area contributed by atoms with Crippen molar-refractivity contribution >= 4 is 23.4 Å². The highest BCUT2D eigenvalue weighted by atomic mass is 32.2. The van der Waals surface area contributed by atoms with Crippen molar-refractivity contribution in [1.29, 1.82) is 0 Å². The van der Waals surface area contributed by atoms with Gasteiger partial charge in [-0.1, -0.05) is 44.2 Å². The van der Waals surface area contributed by atoms with E-state index < -0.39 is 4.92 Å². The first-order valence-corrected chi connectivity index (χ1v) is 9.92. The van der Waals surface area contributed by atoms with E-state index in [2.05, 4.69) is 19.2 Å². The van der Waals surface area contributed by atoms with Crippen LogP contribution in [0.25, 0.3) is 0 Å². The minimum atomic E-state index is -0.425. The Labute approximate surface area is 163 Å². The van der Waals surface area contributed by atoms with Crippen LogP contribution >= 0.6 is 11.8 Å². The van der Waals surface area contributed by atoms with Crippen LogP contribution in [-0.4, -0.2) is 29.7 Å². The molecule has 0 spiro atoms. The van der Waals surface area contributed by atoms with Crippen molar-refractivity contribution in [2.75, 3.05) is 18.9 Å². The third-order valence-electron chi connectivity index (χ3n) is 3.87. The van der Waals surface area contributed by atoms with Gasteiger partial charge in [0.05, 0.1) is 17.2 Å². The van der Waals surface area contributed by atoms with Gasteiger partial charge < -0.3 is 10.1 Å². The highest BCUT2D eigenvalue weighted by Gasteiger charge is 2.08. The molecular weight excluding hydrogens is 364 g/mol. The summed E-state index contributed by atoms with van der Waals surface area (Å²) in [4.78, 5) is 22.1. The summed E-state index contributed by atoms with van der Waals surface area (Å²) >= 11 is 1.47. The molecule has 0 heterocycles. The monoisotopic (exact) mass is 388 g/mol. The van der Waals surface area contributed by atoms with Crippen LogP contribution in [-0.2, 0) is 10.5 Å². The molecule has 144 valence electrons. The Morgan fingerprint density at radius 2 is 1.89 bits per heavy atom. The zero-order valence-electron chi connectivity index (χ0n) is 15.5. The maximum atomic E-state index is 11.9. The lowest BCUT2D eigenvalue weighted by molar-refractivity contribution is -0.384. The Hall–Kier alpha value is -2.54. The number of nitro groups is 1. The van der Waals surface area contributed by atoms with E-state index in [-0.39, 0.29) is 11.6 Å². The van der Waals surface area contributed by atoms with Gasteiger partial charge in [-0.25, -0.2) is 0 Å². The van der Waals surface area contributed by atoms with E-state index in [4.69, 9.17) is 4.74 Å². The van der Waals surface area contributed by atoms with Gasteiger partial charge in [-0.15, -0.1) is 11.8 Å². The van der Waals surface area contributed by atoms with E-state index in [1.165, 1.54) is 23.9 Å². The first-order valence-electron chi connectivity index (χ1n) is 8.77. The lowest BCUT2D eigenvalue weighted by Gasteiger charge is -2.14. The third kappa shape index (κ3) is 6.94. The fourth-order valence-corrected chi connectivity index (χ4v) is 3.28. The molecule has 0 unspecified atom stereocenters. The molecule has 27 heavy (non-hydrogen) atoms. The first-order chi connectivity index (χ1) is 13.0. The lowest BCUT2D eigenvalue weighted by atomic mass is 10.0. The van der Waals surface area contributed by atoms with Gasteiger partial charge in [0.2, 0.25) is 5.91 Å². The maximum absolute atomic E-state index is 11.9. The van der Waals surface area contributed by atoms with E-state index in [0.29, 0.717) is 30.6 Å². The molecule has 0 aromatic heterocycles. The van der Waals surface area contributed by atoms with Crippen molar-refractivity contribution in [3.05, 3.63) is 69.8 Å². The van der Waals surface area contributed by atoms with Crippen molar-refractivity contribution in [3.63, 3.8) is 0 Å². The number of carbonyl (C=O) groups is 1. The SMILES string of the molecule is CC(C)c1ccccc1OCCNC(=O)CSCc1ccc([N+](=O)[O-])cc1. The van der Waals surface area contributed by atoms with Crippen molar-refractivity contribution in [2.24, 2.45) is 0 Å². The molecule has 6 nitrogen and oxygen atoms in total. The molecule has 0 aliphatic rings. The molecule has 0 fully saturated rings. The number of rotatable bonds is 10. The average molecular weight is 388 g/mol. The third-order valence-corrected chi connectivity index (χ3v) is 4.88. The number of carbonyl (C=O) groups excluding carboxylic acids is 1. The molecule has 0 saturated heterocycles. The van der Waals surface area contributed by atoms with E-state index in [1.807, 2.05) is 24.3 Å². The average Bonchev–Trinajstić information content (AvgIpc) is 2.66. The number of amides is 1. The second-order valence-corrected chi connectivity index (χ2v) is 7.29. The number of nitrogens with one attached hydrogen (secondary N) is 1. The molecule has 1 N–H and O–H groups in total. The Morgan fingerprint density at radius 3 is 2.56 bits per heavy atom. The molecule has 2 aromatic rings. The van der Waals surface area contributed by atoms with Crippen LogP contribution in [0.3, 0.4) is 0 Å². The normalized spacial score (nSPS) is 10.6. The lowest BCUT2D eigenvalue weighted by Crippen LogP contribution is -2.29. The van der Waals surface area contributed by atoms with Crippen LogP contribution in [0.4, 0.5) is 5.69 Å². The second kappa shape index (κ2) is 10.6. The van der Waals surface area contributed by atoms with Gasteiger partial charge in [-0.05, 0) is 23.1 Å². The van der Waals surface area contributed by atoms with Crippen LogP contribution in [0.5, 0.6) is 5.75 Å². The molecule has 7 heteroatoms. The van der Waals surface area contributed by atoms with Crippen LogP contribution in [0.2, 0.25) is 0 Å². The van der Waals surface area contributed by atoms with Crippen molar-refractivity contribution in [3.8, 4) is 5.75 Å². The van der Waals surface area contributed by atoms with Crippen molar-refractivity contribution in [2.45, 2.75) is 25.5 Å². The number of nitro benzene ring substituents is 1. The Bertz CT molecular complexity index is 763. The molecule has 0 aliphatic heterocycles. The van der Waals surface area contributed by atoms with Gasteiger partial charge in [-0.2, -0.15) is 0 Å². The topological polar surface area (TPSA) is 81.5 Å². The molecule has 0 radical (unpaired) electrons. The number of non-ortho nitro benzene ring substituents is 1. The molecule has 0 atom stereocenters. The van der Waals surface area contributed by atoms with Gasteiger partial charge in [0.25, 0.3) is 5.69 Å². The summed E-state index contributed by atoms with van der Waals surface area (Å²) in [5.74, 6) is 2.15. The maximum Gasteiger partial charge on any atom is 0.269 e. The van der Waals surface area contributed by atoms with Gasteiger partial charge in [-0.3, -0.25) is 14.9 Å². The summed E-state index contributed by atoms with van der Waals surface area (Å²) in [6, 6.07) is 14.3. The smallest absolute Gasteiger partial charge is 0.269 e. The Kier molecular flexibility index (Phi) is 8.13. The molecule has 1 amide bonds. The number of hydrogen-bond donors (Lipinski definition) is 1. The number of thioether (sulfide) groups is 1. The molecule has 2 rings (SSSR count). The molecule has 0 aliphatic carbocycles. The summed E-state index contributed by atoms with van der Waals surface area (Å²) in [5.41, 5.74) is 2.18. The summed E-state index contributed by atoms with van der Waals surface area (Å²) in [7, 11) is 0. The van der Waals surface area contributed by atoms with Crippen LogP contribution in [0.15, 0.2) is 48.5 Å². The van der Waals surface area contributed by atoms with Crippen molar-refractivity contribution in [1.82, 2.24) is 5.32 Å². The van der Waals surface area contributed by atoms with Crippen molar-refractivity contribution < 1.29 is 14.5 Å². The van der Waals surface area contributed by atoms with Crippen LogP contribution in [0, 0.1) is 10.1 Å². The second-order valence-electron chi connectivity index (χ2n) is 6.31.